The van der Waals surface area contributed by atoms with Crippen LogP contribution in [0.4, 0.5) is 5.69 Å². The number of aromatic nitrogens is 4. The molecule has 8 heteroatoms. The van der Waals surface area contributed by atoms with Crippen LogP contribution in [0, 0.1) is 0 Å². The Labute approximate surface area is 196 Å². The number of allylic oxidation sites excluding steroid dienone is 2. The number of methoxy groups -OCH3 is 2. The maximum Gasteiger partial charge on any atom is 0.274 e. The molecule has 4 aromatic rings. The maximum atomic E-state index is 12.7. The Morgan fingerprint density at radius 2 is 1.82 bits per heavy atom. The Kier molecular flexibility index (Phi) is 5.33. The van der Waals surface area contributed by atoms with Crippen molar-refractivity contribution in [3.63, 3.8) is 0 Å². The summed E-state index contributed by atoms with van der Waals surface area (Å²) >= 11 is 0. The number of rotatable bonds is 5. The van der Waals surface area contributed by atoms with Gasteiger partial charge in [0.2, 0.25) is 5.78 Å². The zero-order chi connectivity index (χ0) is 23.7. The maximum absolute atomic E-state index is 12.7. The molecule has 34 heavy (non-hydrogen) atoms. The van der Waals surface area contributed by atoms with E-state index >= 15 is 0 Å². The summed E-state index contributed by atoms with van der Waals surface area (Å²) in [6.07, 6.45) is 13.2. The third-order valence-electron chi connectivity index (χ3n) is 5.87. The van der Waals surface area contributed by atoms with Crippen LogP contribution in [0.15, 0.2) is 67.1 Å². The van der Waals surface area contributed by atoms with Gasteiger partial charge in [0, 0.05) is 17.7 Å². The molecule has 1 amide bonds. The monoisotopic (exact) mass is 453 g/mol. The van der Waals surface area contributed by atoms with E-state index in [9.17, 15) is 4.79 Å². The molecule has 1 aliphatic rings. The molecule has 5 rings (SSSR count). The largest absolute Gasteiger partial charge is 0.497 e. The highest BCUT2D eigenvalue weighted by atomic mass is 16.5. The van der Waals surface area contributed by atoms with Gasteiger partial charge < -0.3 is 14.8 Å². The normalized spacial score (nSPS) is 16.7. The van der Waals surface area contributed by atoms with E-state index in [2.05, 4.69) is 45.4 Å². The Hall–Kier alpha value is -4.46. The van der Waals surface area contributed by atoms with Crippen molar-refractivity contribution in [3.8, 4) is 11.5 Å². The van der Waals surface area contributed by atoms with Crippen LogP contribution in [0.3, 0.4) is 0 Å². The minimum Gasteiger partial charge on any atom is -0.497 e. The lowest BCUT2D eigenvalue weighted by molar-refractivity contribution is 0.102. The highest BCUT2D eigenvalue weighted by Crippen LogP contribution is 2.34. The number of imidazole rings is 1. The molecule has 1 unspecified atom stereocenters. The van der Waals surface area contributed by atoms with Crippen molar-refractivity contribution >= 4 is 29.5 Å². The summed E-state index contributed by atoms with van der Waals surface area (Å²) in [4.78, 5) is 25.9. The lowest BCUT2D eigenvalue weighted by atomic mass is 9.82. The third kappa shape index (κ3) is 3.90. The molecule has 0 fully saturated rings. The standard InChI is InChI=1S/C26H23N5O3/c1-26(17-5-4-6-19(13-17)33-2)10-7-21-23(8-11-26)31-12-9-22(30-25(31)29-21)24(32)28-18-14-20(34-3)16-27-15-18/h4-16H,1-3H3,(H,28,32). The Balaban J connectivity index is 1.44. The summed E-state index contributed by atoms with van der Waals surface area (Å²) in [5.41, 5.74) is 3.24. The summed E-state index contributed by atoms with van der Waals surface area (Å²) < 4.78 is 12.4. The van der Waals surface area contributed by atoms with E-state index in [1.165, 1.54) is 0 Å². The fourth-order valence-electron chi connectivity index (χ4n) is 3.88. The number of benzene rings is 1. The van der Waals surface area contributed by atoms with Crippen LogP contribution in [-0.4, -0.2) is 39.5 Å². The van der Waals surface area contributed by atoms with Gasteiger partial charge in [0.15, 0.2) is 0 Å². The third-order valence-corrected chi connectivity index (χ3v) is 5.87. The van der Waals surface area contributed by atoms with Crippen LogP contribution in [0.5, 0.6) is 11.5 Å². The van der Waals surface area contributed by atoms with Gasteiger partial charge in [-0.1, -0.05) is 24.3 Å². The van der Waals surface area contributed by atoms with Gasteiger partial charge in [0.05, 0.1) is 43.7 Å². The average Bonchev–Trinajstić information content (AvgIpc) is 3.13. The fourth-order valence-corrected chi connectivity index (χ4v) is 3.88. The van der Waals surface area contributed by atoms with Gasteiger partial charge in [-0.15, -0.1) is 0 Å². The topological polar surface area (TPSA) is 90.6 Å². The summed E-state index contributed by atoms with van der Waals surface area (Å²) in [7, 11) is 3.21. The zero-order valence-corrected chi connectivity index (χ0v) is 19.0. The van der Waals surface area contributed by atoms with E-state index in [0.717, 1.165) is 22.7 Å². The number of nitrogens with one attached hydrogen (secondary N) is 1. The first-order valence-corrected chi connectivity index (χ1v) is 10.7. The van der Waals surface area contributed by atoms with Gasteiger partial charge in [-0.3, -0.25) is 14.2 Å². The number of hydrogen-bond acceptors (Lipinski definition) is 6. The number of pyridine rings is 1. The smallest absolute Gasteiger partial charge is 0.274 e. The van der Waals surface area contributed by atoms with Crippen LogP contribution in [0.25, 0.3) is 17.9 Å². The van der Waals surface area contributed by atoms with Gasteiger partial charge in [0.25, 0.3) is 5.91 Å². The molecule has 8 nitrogen and oxygen atoms in total. The van der Waals surface area contributed by atoms with Crippen LogP contribution in [0.2, 0.25) is 0 Å². The molecule has 0 bridgehead atoms. The van der Waals surface area contributed by atoms with Crippen LogP contribution < -0.4 is 14.8 Å². The predicted molar refractivity (Wildman–Crippen MR) is 130 cm³/mol. The molecule has 1 N–H and O–H groups in total. The number of fused-ring (bicyclic) bond motifs is 3. The summed E-state index contributed by atoms with van der Waals surface area (Å²) in [5, 5.41) is 2.79. The number of anilines is 1. The van der Waals surface area contributed by atoms with Crippen molar-refractivity contribution in [1.29, 1.82) is 0 Å². The molecular formula is C26H23N5O3. The van der Waals surface area contributed by atoms with E-state index in [1.807, 2.05) is 34.8 Å². The summed E-state index contributed by atoms with van der Waals surface area (Å²) in [5.74, 6) is 1.46. The summed E-state index contributed by atoms with van der Waals surface area (Å²) in [6, 6.07) is 11.4. The van der Waals surface area contributed by atoms with E-state index in [-0.39, 0.29) is 17.0 Å². The minimum atomic E-state index is -0.354. The second kappa shape index (κ2) is 8.47. The Morgan fingerprint density at radius 3 is 2.65 bits per heavy atom. The number of amides is 1. The molecule has 0 saturated carbocycles. The highest BCUT2D eigenvalue weighted by Gasteiger charge is 2.24. The molecular weight excluding hydrogens is 430 g/mol. The number of nitrogens with zero attached hydrogens (tertiary/aromatic N) is 4. The molecule has 3 heterocycles. The lowest BCUT2D eigenvalue weighted by Crippen LogP contribution is -2.15. The van der Waals surface area contributed by atoms with Gasteiger partial charge >= 0.3 is 0 Å². The number of carbonyl (C=O) groups is 1. The minimum absolute atomic E-state index is 0.254. The molecule has 1 aliphatic carbocycles. The lowest BCUT2D eigenvalue weighted by Gasteiger charge is -2.22. The van der Waals surface area contributed by atoms with E-state index in [1.54, 1.807) is 44.9 Å². The van der Waals surface area contributed by atoms with E-state index in [4.69, 9.17) is 9.47 Å². The molecule has 0 spiro atoms. The van der Waals surface area contributed by atoms with Crippen molar-refractivity contribution in [2.75, 3.05) is 19.5 Å². The molecule has 0 saturated heterocycles. The fraction of sp³-hybridized carbons (Fsp3) is 0.154. The molecule has 170 valence electrons. The van der Waals surface area contributed by atoms with E-state index < -0.39 is 0 Å². The number of carbonyl (C=O) groups excluding carboxylic acids is 1. The van der Waals surface area contributed by atoms with Crippen LogP contribution >= 0.6 is 0 Å². The second-order valence-electron chi connectivity index (χ2n) is 8.11. The quantitative estimate of drug-likeness (QED) is 0.482. The van der Waals surface area contributed by atoms with Gasteiger partial charge in [0.1, 0.15) is 17.2 Å². The zero-order valence-electron chi connectivity index (χ0n) is 19.0. The SMILES string of the molecule is COc1cncc(NC(=O)c2ccn3c4c(nc3n2)C=CC(C)(c2cccc(OC)c2)C=C4)c1. The van der Waals surface area contributed by atoms with Gasteiger partial charge in [-0.2, -0.15) is 0 Å². The first-order valence-electron chi connectivity index (χ1n) is 10.7. The molecule has 0 radical (unpaired) electrons. The van der Waals surface area contributed by atoms with Crippen molar-refractivity contribution in [3.05, 3.63) is 89.8 Å². The van der Waals surface area contributed by atoms with Crippen LogP contribution in [0.1, 0.15) is 34.4 Å². The van der Waals surface area contributed by atoms with Gasteiger partial charge in [-0.05, 0) is 42.8 Å². The van der Waals surface area contributed by atoms with Crippen molar-refractivity contribution in [1.82, 2.24) is 19.4 Å². The number of ether oxygens (including phenoxy) is 2. The van der Waals surface area contributed by atoms with Gasteiger partial charge in [-0.25, -0.2) is 9.97 Å². The Morgan fingerprint density at radius 1 is 1.00 bits per heavy atom. The Bertz CT molecular complexity index is 1460. The first kappa shape index (κ1) is 21.4. The molecule has 3 aromatic heterocycles. The molecule has 1 aromatic carbocycles. The average molecular weight is 454 g/mol. The highest BCUT2D eigenvalue weighted by molar-refractivity contribution is 6.03. The molecule has 0 aliphatic heterocycles. The van der Waals surface area contributed by atoms with Crippen molar-refractivity contribution < 1.29 is 14.3 Å². The first-order chi connectivity index (χ1) is 16.5. The predicted octanol–water partition coefficient (Wildman–Crippen LogP) is 4.39. The van der Waals surface area contributed by atoms with E-state index in [0.29, 0.717) is 17.2 Å². The summed E-state index contributed by atoms with van der Waals surface area (Å²) in [6.45, 7) is 2.14. The van der Waals surface area contributed by atoms with Crippen LogP contribution in [-0.2, 0) is 5.41 Å². The second-order valence-corrected chi connectivity index (χ2v) is 8.11. The van der Waals surface area contributed by atoms with Crippen molar-refractivity contribution in [2.45, 2.75) is 12.3 Å². The number of hydrogen-bond donors (Lipinski definition) is 1. The van der Waals surface area contributed by atoms with Crippen molar-refractivity contribution in [2.24, 2.45) is 0 Å². The molecule has 1 atom stereocenters.